The van der Waals surface area contributed by atoms with Crippen LogP contribution in [0.4, 0.5) is 0 Å². The van der Waals surface area contributed by atoms with E-state index in [9.17, 15) is 5.11 Å². The van der Waals surface area contributed by atoms with Crippen LogP contribution in [0.1, 0.15) is 50.8 Å². The van der Waals surface area contributed by atoms with Crippen molar-refractivity contribution in [1.29, 1.82) is 0 Å². The third kappa shape index (κ3) is 6.82. The fourth-order valence-electron chi connectivity index (χ4n) is 10.7. The van der Waals surface area contributed by atoms with Crippen molar-refractivity contribution in [3.05, 3.63) is 188 Å². The van der Waals surface area contributed by atoms with Gasteiger partial charge in [-0.3, -0.25) is 14.9 Å². The molecule has 3 aliphatic rings. The van der Waals surface area contributed by atoms with Gasteiger partial charge in [0.05, 0.1) is 11.6 Å². The lowest BCUT2D eigenvalue weighted by Crippen LogP contribution is -2.68. The highest BCUT2D eigenvalue weighted by Gasteiger charge is 2.52. The van der Waals surface area contributed by atoms with Crippen LogP contribution >= 0.6 is 0 Å². The molecular weight excluding hydrogens is 775 g/mol. The Morgan fingerprint density at radius 3 is 2.05 bits per heavy atom. The van der Waals surface area contributed by atoms with Crippen molar-refractivity contribution in [3.8, 4) is 22.6 Å². The number of rotatable bonds is 10. The fourth-order valence-corrected chi connectivity index (χ4v) is 15.2. The van der Waals surface area contributed by atoms with Crippen molar-refractivity contribution in [2.24, 2.45) is 16.8 Å². The number of piperidine rings is 3. The second-order valence-electron chi connectivity index (χ2n) is 18.2. The first-order valence-electron chi connectivity index (χ1n) is 22.1. The molecule has 0 spiro atoms. The predicted molar refractivity (Wildman–Crippen MR) is 261 cm³/mol. The van der Waals surface area contributed by atoms with E-state index in [4.69, 9.17) is 14.4 Å². The lowest BCUT2D eigenvalue weighted by molar-refractivity contribution is 0.00797. The van der Waals surface area contributed by atoms with Crippen LogP contribution in [-0.2, 0) is 0 Å². The van der Waals surface area contributed by atoms with E-state index in [2.05, 4.69) is 190 Å². The third-order valence-electron chi connectivity index (χ3n) is 13.8. The minimum atomic E-state index is -3.09. The van der Waals surface area contributed by atoms with E-state index in [1.54, 1.807) is 0 Å². The molecule has 7 aromatic carbocycles. The summed E-state index contributed by atoms with van der Waals surface area (Å²) >= 11 is 0. The van der Waals surface area contributed by atoms with Crippen LogP contribution in [0, 0.1) is 11.8 Å². The Hall–Kier alpha value is -6.34. The van der Waals surface area contributed by atoms with Gasteiger partial charge in [-0.05, 0) is 98.0 Å². The van der Waals surface area contributed by atoms with Gasteiger partial charge in [0.15, 0.2) is 0 Å². The Kier molecular flexibility index (Phi) is 10.4. The van der Waals surface area contributed by atoms with Crippen molar-refractivity contribution in [2.45, 2.75) is 50.7 Å². The Labute approximate surface area is 366 Å². The van der Waals surface area contributed by atoms with Crippen molar-refractivity contribution < 1.29 is 9.53 Å². The number of fused-ring (bicyclic) bond motifs is 6. The molecule has 5 nitrogen and oxygen atoms in total. The minimum absolute atomic E-state index is 0.169. The van der Waals surface area contributed by atoms with Gasteiger partial charge in [0.1, 0.15) is 11.5 Å². The molecule has 6 heteroatoms. The van der Waals surface area contributed by atoms with E-state index in [0.29, 0.717) is 17.4 Å². The zero-order valence-electron chi connectivity index (χ0n) is 35.8. The Balaban J connectivity index is 1.19. The number of benzene rings is 7. The van der Waals surface area contributed by atoms with E-state index in [0.717, 1.165) is 74.4 Å². The molecule has 11 rings (SSSR count). The molecule has 62 heavy (non-hydrogen) atoms. The maximum Gasteiger partial charge on any atom is 0.319 e. The summed E-state index contributed by atoms with van der Waals surface area (Å²) in [7, 11) is -3.09. The molecule has 3 saturated heterocycles. The summed E-state index contributed by atoms with van der Waals surface area (Å²) in [5.41, 5.74) is 4.42. The molecule has 0 saturated carbocycles. The average molecular weight is 828 g/mol. The summed E-state index contributed by atoms with van der Waals surface area (Å²) in [5, 5.41) is 20.3. The number of aromatic nitrogens is 1. The Bertz CT molecular complexity index is 2910. The molecule has 2 bridgehead atoms. The third-order valence-corrected chi connectivity index (χ3v) is 18.7. The molecule has 8 aromatic rings. The number of aromatic hydroxyl groups is 1. The lowest BCUT2D eigenvalue weighted by atomic mass is 9.73. The average Bonchev–Trinajstić information content (AvgIpc) is 3.31. The fraction of sp³-hybridized carbons (Fsp3) is 0.214. The Morgan fingerprint density at radius 1 is 0.758 bits per heavy atom. The first-order valence-corrected chi connectivity index (χ1v) is 24.0. The van der Waals surface area contributed by atoms with Crippen molar-refractivity contribution in [2.75, 3.05) is 13.1 Å². The summed E-state index contributed by atoms with van der Waals surface area (Å²) in [6.45, 7) is 13.2. The number of para-hydroxylation sites is 1. The zero-order valence-corrected chi connectivity index (χ0v) is 36.8. The number of hydrogen-bond acceptors (Lipinski definition) is 5. The molecule has 0 radical (unpaired) electrons. The highest BCUT2D eigenvalue weighted by Crippen LogP contribution is 2.49. The summed E-state index contributed by atoms with van der Waals surface area (Å²) in [4.78, 5) is 12.9. The van der Waals surface area contributed by atoms with Gasteiger partial charge in [0.2, 0.25) is 0 Å². The number of phenols is 1. The molecule has 3 aliphatic heterocycles. The van der Waals surface area contributed by atoms with Gasteiger partial charge < -0.3 is 9.53 Å². The predicted octanol–water partition coefficient (Wildman–Crippen LogP) is 11.9. The van der Waals surface area contributed by atoms with Gasteiger partial charge in [0, 0.05) is 47.1 Å². The normalized spacial score (nSPS) is 19.6. The standard InChI is InChI=1S/C56H53N3O2Si/c1-5-38-37-59-33-31-40(38)35-50(59)54(48-30-32-57-49-27-17-16-26-47(48)49)58-36-42-34-41-19-13-15-25-46(41)53(55(42)60)52-45-24-14-12-18-39(45)28-29-51(52)61-62(56(2,3)4,43-20-8-6-9-21-43)44-22-10-7-11-23-44/h5-30,32,34,36,38,40,50,54,60H,1,31,33,35,37H2,2-4H3/t38-,40-,50+,54-/m0/s1. The van der Waals surface area contributed by atoms with Crippen LogP contribution in [0.15, 0.2) is 182 Å². The minimum Gasteiger partial charge on any atom is -0.534 e. The summed E-state index contributed by atoms with van der Waals surface area (Å²) in [6, 6.07) is 55.3. The van der Waals surface area contributed by atoms with Gasteiger partial charge >= 0.3 is 8.32 Å². The van der Waals surface area contributed by atoms with E-state index >= 15 is 0 Å². The van der Waals surface area contributed by atoms with Crippen LogP contribution in [0.2, 0.25) is 5.04 Å². The number of phenolic OH excluding ortho intramolecular Hbond substituents is 1. The molecule has 4 heterocycles. The summed E-state index contributed by atoms with van der Waals surface area (Å²) < 4.78 is 7.87. The molecule has 0 aliphatic carbocycles. The lowest BCUT2D eigenvalue weighted by Gasteiger charge is -2.51. The molecule has 5 atom stereocenters. The number of nitrogens with zero attached hydrogens (tertiary/aromatic N) is 3. The maximum absolute atomic E-state index is 13.0. The molecular formula is C56H53N3O2Si. The Morgan fingerprint density at radius 2 is 1.39 bits per heavy atom. The maximum atomic E-state index is 13.0. The summed E-state index contributed by atoms with van der Waals surface area (Å²) in [5.74, 6) is 2.00. The van der Waals surface area contributed by atoms with E-state index in [-0.39, 0.29) is 22.9 Å². The molecule has 308 valence electrons. The van der Waals surface area contributed by atoms with Gasteiger partial charge in [-0.2, -0.15) is 0 Å². The van der Waals surface area contributed by atoms with Crippen LogP contribution < -0.4 is 14.8 Å². The second kappa shape index (κ2) is 16.2. The monoisotopic (exact) mass is 827 g/mol. The number of pyridine rings is 1. The van der Waals surface area contributed by atoms with Gasteiger partial charge in [-0.25, -0.2) is 0 Å². The highest BCUT2D eigenvalue weighted by molar-refractivity contribution is 7.00. The SMILES string of the molecule is C=C[C@H]1CN2CC[C@H]1C[C@@H]2[C@@H](N=Cc1cc2ccccc2c(-c2c(O[Si](c3ccccc3)(c3ccccc3)C(C)(C)C)ccc3ccccc23)c1O)c1ccnc2ccccc12. The number of hydrogen-bond donors (Lipinski definition) is 1. The quantitative estimate of drug-likeness (QED) is 0.0848. The van der Waals surface area contributed by atoms with Crippen LogP contribution in [0.25, 0.3) is 43.6 Å². The van der Waals surface area contributed by atoms with E-state index in [1.165, 1.54) is 16.8 Å². The molecule has 0 amide bonds. The van der Waals surface area contributed by atoms with E-state index < -0.39 is 8.32 Å². The van der Waals surface area contributed by atoms with Crippen molar-refractivity contribution >= 4 is 57.4 Å². The largest absolute Gasteiger partial charge is 0.534 e. The van der Waals surface area contributed by atoms with Gasteiger partial charge in [-0.1, -0.05) is 160 Å². The first-order chi connectivity index (χ1) is 30.2. The van der Waals surface area contributed by atoms with Gasteiger partial charge in [-0.15, -0.1) is 6.58 Å². The van der Waals surface area contributed by atoms with Crippen LogP contribution in [-0.4, -0.2) is 48.7 Å². The highest BCUT2D eigenvalue weighted by atomic mass is 28.4. The zero-order chi connectivity index (χ0) is 42.4. The smallest absolute Gasteiger partial charge is 0.319 e. The molecule has 1 N–H and O–H groups in total. The van der Waals surface area contributed by atoms with Gasteiger partial charge in [0.25, 0.3) is 0 Å². The number of aliphatic imine (C=N–C) groups is 1. The van der Waals surface area contributed by atoms with Crippen LogP contribution in [0.5, 0.6) is 11.5 Å². The van der Waals surface area contributed by atoms with Crippen molar-refractivity contribution in [1.82, 2.24) is 9.88 Å². The van der Waals surface area contributed by atoms with E-state index in [1.807, 2.05) is 18.5 Å². The molecule has 1 aromatic heterocycles. The van der Waals surface area contributed by atoms with Crippen molar-refractivity contribution in [3.63, 3.8) is 0 Å². The molecule has 3 fully saturated rings. The second-order valence-corrected chi connectivity index (χ2v) is 22.4. The van der Waals surface area contributed by atoms with Crippen LogP contribution in [0.3, 0.4) is 0 Å². The summed E-state index contributed by atoms with van der Waals surface area (Å²) in [6.07, 6.45) is 8.23. The first kappa shape index (κ1) is 39.8. The topological polar surface area (TPSA) is 58.0 Å². The molecule has 1 unspecified atom stereocenters.